The third kappa shape index (κ3) is 3.06. The van der Waals surface area contributed by atoms with Gasteiger partial charge in [-0.05, 0) is 23.8 Å². The lowest BCUT2D eigenvalue weighted by Crippen LogP contribution is -2.21. The molecule has 4 heteroatoms. The molecule has 1 aromatic carbocycles. The summed E-state index contributed by atoms with van der Waals surface area (Å²) in [5, 5.41) is 0. The Morgan fingerprint density at radius 2 is 2.22 bits per heavy atom. The van der Waals surface area contributed by atoms with Crippen LogP contribution in [0.3, 0.4) is 0 Å². The Hall–Kier alpha value is -2.38. The van der Waals surface area contributed by atoms with Crippen molar-refractivity contribution in [2.75, 3.05) is 6.54 Å². The quantitative estimate of drug-likeness (QED) is 0.781. The van der Waals surface area contributed by atoms with E-state index in [1.54, 1.807) is 16.8 Å². The fourth-order valence-corrected chi connectivity index (χ4v) is 1.60. The van der Waals surface area contributed by atoms with Crippen molar-refractivity contribution in [2.24, 2.45) is 5.73 Å². The van der Waals surface area contributed by atoms with Gasteiger partial charge >= 0.3 is 5.69 Å². The molecule has 0 bridgehead atoms. The Balaban J connectivity index is 2.25. The summed E-state index contributed by atoms with van der Waals surface area (Å²) >= 11 is 0. The Labute approximate surface area is 105 Å². The molecule has 0 radical (unpaired) electrons. The van der Waals surface area contributed by atoms with Crippen molar-refractivity contribution >= 4 is 0 Å². The molecule has 4 nitrogen and oxygen atoms in total. The molecule has 90 valence electrons. The number of benzene rings is 1. The molecule has 18 heavy (non-hydrogen) atoms. The summed E-state index contributed by atoms with van der Waals surface area (Å²) in [6.45, 7) is 0.830. The van der Waals surface area contributed by atoms with Crippen LogP contribution in [0.1, 0.15) is 11.1 Å². The fourth-order valence-electron chi connectivity index (χ4n) is 1.60. The van der Waals surface area contributed by atoms with E-state index in [4.69, 9.17) is 5.73 Å². The molecule has 0 saturated carbocycles. The molecule has 2 rings (SSSR count). The Kier molecular flexibility index (Phi) is 3.90. The van der Waals surface area contributed by atoms with Gasteiger partial charge in [-0.2, -0.15) is 0 Å². The minimum absolute atomic E-state index is 0.254. The lowest BCUT2D eigenvalue weighted by molar-refractivity contribution is 0.727. The molecule has 1 aromatic heterocycles. The molecule has 0 unspecified atom stereocenters. The van der Waals surface area contributed by atoms with Crippen LogP contribution in [0, 0.1) is 11.8 Å². The second-order valence-electron chi connectivity index (χ2n) is 3.74. The molecule has 0 amide bonds. The van der Waals surface area contributed by atoms with E-state index >= 15 is 0 Å². The van der Waals surface area contributed by atoms with Crippen molar-refractivity contribution in [3.05, 3.63) is 64.3 Å². The maximum Gasteiger partial charge on any atom is 0.347 e. The average Bonchev–Trinajstić information content (AvgIpc) is 2.40. The molecule has 2 N–H and O–H groups in total. The molecular weight excluding hydrogens is 226 g/mol. The first-order valence-corrected chi connectivity index (χ1v) is 5.59. The Morgan fingerprint density at radius 1 is 1.33 bits per heavy atom. The Bertz CT molecular complexity index is 650. The van der Waals surface area contributed by atoms with Crippen molar-refractivity contribution in [2.45, 2.75) is 6.54 Å². The normalized spacial score (nSPS) is 9.61. The van der Waals surface area contributed by atoms with E-state index in [1.165, 1.54) is 6.20 Å². The zero-order valence-electron chi connectivity index (χ0n) is 9.84. The van der Waals surface area contributed by atoms with Crippen LogP contribution in [0.4, 0.5) is 0 Å². The van der Waals surface area contributed by atoms with Crippen LogP contribution >= 0.6 is 0 Å². The van der Waals surface area contributed by atoms with Crippen molar-refractivity contribution in [3.8, 4) is 11.8 Å². The highest BCUT2D eigenvalue weighted by Crippen LogP contribution is 2.05. The van der Waals surface area contributed by atoms with Crippen LogP contribution < -0.4 is 11.4 Å². The van der Waals surface area contributed by atoms with Crippen molar-refractivity contribution in [1.82, 2.24) is 9.55 Å². The summed E-state index contributed by atoms with van der Waals surface area (Å²) < 4.78 is 1.55. The average molecular weight is 239 g/mol. The second kappa shape index (κ2) is 5.80. The topological polar surface area (TPSA) is 60.9 Å². The highest BCUT2D eigenvalue weighted by atomic mass is 16.1. The van der Waals surface area contributed by atoms with Gasteiger partial charge in [0.05, 0.1) is 13.1 Å². The first-order chi connectivity index (χ1) is 8.79. The first-order valence-electron chi connectivity index (χ1n) is 5.59. The number of hydrogen-bond acceptors (Lipinski definition) is 3. The van der Waals surface area contributed by atoms with Crippen LogP contribution in [0.2, 0.25) is 0 Å². The number of aromatic nitrogens is 2. The molecule has 0 fully saturated rings. The molecule has 1 heterocycles. The highest BCUT2D eigenvalue weighted by molar-refractivity contribution is 5.37. The van der Waals surface area contributed by atoms with Crippen LogP contribution in [0.5, 0.6) is 0 Å². The minimum atomic E-state index is -0.254. The van der Waals surface area contributed by atoms with Crippen molar-refractivity contribution < 1.29 is 0 Å². The van der Waals surface area contributed by atoms with E-state index in [2.05, 4.69) is 16.8 Å². The standard InChI is InChI=1S/C14H13N3O/c15-7-2-6-12-4-1-5-13(10-12)11-17-9-3-8-16-14(17)18/h1,3-5,8-10H,7,11,15H2. The zero-order valence-corrected chi connectivity index (χ0v) is 9.84. The van der Waals surface area contributed by atoms with Crippen LogP contribution in [0.15, 0.2) is 47.5 Å². The van der Waals surface area contributed by atoms with E-state index < -0.39 is 0 Å². The smallest absolute Gasteiger partial charge is 0.320 e. The maximum atomic E-state index is 11.5. The zero-order chi connectivity index (χ0) is 12.8. The maximum absolute atomic E-state index is 11.5. The molecule has 0 aliphatic rings. The summed E-state index contributed by atoms with van der Waals surface area (Å²) in [4.78, 5) is 15.2. The number of nitrogens with two attached hydrogens (primary N) is 1. The van der Waals surface area contributed by atoms with Gasteiger partial charge in [-0.25, -0.2) is 9.78 Å². The molecule has 0 spiro atoms. The summed E-state index contributed by atoms with van der Waals surface area (Å²) in [6, 6.07) is 9.46. The van der Waals surface area contributed by atoms with E-state index in [0.717, 1.165) is 11.1 Å². The summed E-state index contributed by atoms with van der Waals surface area (Å²) in [7, 11) is 0. The first kappa shape index (κ1) is 12.1. The predicted molar refractivity (Wildman–Crippen MR) is 70.0 cm³/mol. The van der Waals surface area contributed by atoms with E-state index in [0.29, 0.717) is 13.1 Å². The van der Waals surface area contributed by atoms with Gasteiger partial charge < -0.3 is 5.73 Å². The second-order valence-corrected chi connectivity index (χ2v) is 3.74. The van der Waals surface area contributed by atoms with Crippen LogP contribution in [0.25, 0.3) is 0 Å². The van der Waals surface area contributed by atoms with Gasteiger partial charge in [-0.3, -0.25) is 4.57 Å². The van der Waals surface area contributed by atoms with Crippen molar-refractivity contribution in [3.63, 3.8) is 0 Å². The fraction of sp³-hybridized carbons (Fsp3) is 0.143. The van der Waals surface area contributed by atoms with E-state index in [9.17, 15) is 4.79 Å². The molecule has 0 aliphatic carbocycles. The lowest BCUT2D eigenvalue weighted by atomic mass is 10.1. The molecule has 0 aliphatic heterocycles. The molecule has 2 aromatic rings. The van der Waals surface area contributed by atoms with Crippen molar-refractivity contribution in [1.29, 1.82) is 0 Å². The third-order valence-corrected chi connectivity index (χ3v) is 2.40. The van der Waals surface area contributed by atoms with Gasteiger partial charge in [0.2, 0.25) is 0 Å². The third-order valence-electron chi connectivity index (χ3n) is 2.40. The van der Waals surface area contributed by atoms with Gasteiger partial charge in [0.15, 0.2) is 0 Å². The predicted octanol–water partition coefficient (Wildman–Crippen LogP) is 0.602. The number of hydrogen-bond donors (Lipinski definition) is 1. The van der Waals surface area contributed by atoms with Gasteiger partial charge in [0.1, 0.15) is 0 Å². The highest BCUT2D eigenvalue weighted by Gasteiger charge is 1.98. The number of rotatable bonds is 2. The molecule has 0 saturated heterocycles. The SMILES string of the molecule is NCC#Cc1cccc(Cn2cccnc2=O)c1. The van der Waals surface area contributed by atoms with Gasteiger partial charge in [0, 0.05) is 18.0 Å². The van der Waals surface area contributed by atoms with E-state index in [1.807, 2.05) is 24.3 Å². The van der Waals surface area contributed by atoms with Crippen LogP contribution in [-0.4, -0.2) is 16.1 Å². The summed E-state index contributed by atoms with van der Waals surface area (Å²) in [5.41, 5.74) is 6.98. The number of nitrogens with zero attached hydrogens (tertiary/aromatic N) is 2. The van der Waals surface area contributed by atoms with Gasteiger partial charge in [-0.1, -0.05) is 24.0 Å². The largest absolute Gasteiger partial charge is 0.347 e. The minimum Gasteiger partial charge on any atom is -0.320 e. The van der Waals surface area contributed by atoms with E-state index in [-0.39, 0.29) is 5.69 Å². The summed E-state index contributed by atoms with van der Waals surface area (Å²) in [5.74, 6) is 5.77. The Morgan fingerprint density at radius 3 is 3.00 bits per heavy atom. The monoisotopic (exact) mass is 239 g/mol. The molecular formula is C14H13N3O. The van der Waals surface area contributed by atoms with Gasteiger partial charge in [0.25, 0.3) is 0 Å². The van der Waals surface area contributed by atoms with Crippen LogP contribution in [-0.2, 0) is 6.54 Å². The summed E-state index contributed by atoms with van der Waals surface area (Å²) in [6.07, 6.45) is 3.20. The van der Waals surface area contributed by atoms with Gasteiger partial charge in [-0.15, -0.1) is 0 Å². The molecule has 0 atom stereocenters. The lowest BCUT2D eigenvalue weighted by Gasteiger charge is -2.04.